The Bertz CT molecular complexity index is 487. The first kappa shape index (κ1) is 14.1. The quantitative estimate of drug-likeness (QED) is 0.710. The van der Waals surface area contributed by atoms with Crippen LogP contribution in [0, 0.1) is 0 Å². The maximum atomic E-state index is 3.72. The van der Waals surface area contributed by atoms with Crippen LogP contribution in [0.2, 0.25) is 0 Å². The van der Waals surface area contributed by atoms with Crippen LogP contribution in [0.15, 0.2) is 30.5 Å². The molecule has 0 spiro atoms. The molecule has 1 unspecified atom stereocenters. The summed E-state index contributed by atoms with van der Waals surface area (Å²) in [5.74, 6) is 0. The molecule has 1 aromatic heterocycles. The van der Waals surface area contributed by atoms with E-state index >= 15 is 0 Å². The average molecular weight is 258 g/mol. The standard InChI is InChI=1S/C17H26N2/c1-3-5-7-16(6-4-2)19-13-14-8-9-17-15(12-14)10-11-18-17/h8-12,16,18-19H,3-7,13H2,1-2H3. The maximum Gasteiger partial charge on any atom is 0.0454 e. The maximum absolute atomic E-state index is 3.72. The summed E-state index contributed by atoms with van der Waals surface area (Å²) in [6.07, 6.45) is 8.47. The Morgan fingerprint density at radius 1 is 1.11 bits per heavy atom. The first-order valence-electron chi connectivity index (χ1n) is 7.63. The molecule has 0 saturated carbocycles. The SMILES string of the molecule is CCCCC(CCC)NCc1ccc2[nH]ccc2c1. The molecule has 104 valence electrons. The minimum absolute atomic E-state index is 0.673. The number of hydrogen-bond donors (Lipinski definition) is 2. The molecule has 0 fully saturated rings. The van der Waals surface area contributed by atoms with Gasteiger partial charge in [-0.25, -0.2) is 0 Å². The number of H-pyrrole nitrogens is 1. The Balaban J connectivity index is 1.91. The zero-order valence-electron chi connectivity index (χ0n) is 12.2. The Morgan fingerprint density at radius 2 is 2.00 bits per heavy atom. The monoisotopic (exact) mass is 258 g/mol. The van der Waals surface area contributed by atoms with Crippen LogP contribution in [0.1, 0.15) is 51.5 Å². The van der Waals surface area contributed by atoms with Gasteiger partial charge in [-0.15, -0.1) is 0 Å². The third kappa shape index (κ3) is 4.10. The fourth-order valence-electron chi connectivity index (χ4n) is 2.62. The molecule has 1 atom stereocenters. The molecule has 0 aliphatic heterocycles. The van der Waals surface area contributed by atoms with E-state index in [1.165, 1.54) is 48.6 Å². The molecule has 2 rings (SSSR count). The zero-order valence-corrected chi connectivity index (χ0v) is 12.2. The lowest BCUT2D eigenvalue weighted by molar-refractivity contribution is 0.434. The van der Waals surface area contributed by atoms with Gasteiger partial charge in [-0.05, 0) is 42.0 Å². The van der Waals surface area contributed by atoms with E-state index in [2.05, 4.69) is 48.4 Å². The summed E-state index contributed by atoms with van der Waals surface area (Å²) in [4.78, 5) is 3.24. The summed E-state index contributed by atoms with van der Waals surface area (Å²) in [5.41, 5.74) is 2.60. The second kappa shape index (κ2) is 7.34. The molecule has 0 aliphatic rings. The van der Waals surface area contributed by atoms with Gasteiger partial charge < -0.3 is 10.3 Å². The summed E-state index contributed by atoms with van der Waals surface area (Å²) in [5, 5.41) is 5.02. The van der Waals surface area contributed by atoms with Gasteiger partial charge in [0.15, 0.2) is 0 Å². The van der Waals surface area contributed by atoms with Crippen molar-refractivity contribution >= 4 is 10.9 Å². The Labute approximate surface area is 116 Å². The van der Waals surface area contributed by atoms with E-state index in [0.717, 1.165) is 6.54 Å². The normalized spacial score (nSPS) is 12.9. The topological polar surface area (TPSA) is 27.8 Å². The van der Waals surface area contributed by atoms with E-state index in [0.29, 0.717) is 6.04 Å². The van der Waals surface area contributed by atoms with Gasteiger partial charge in [0.25, 0.3) is 0 Å². The van der Waals surface area contributed by atoms with Gasteiger partial charge in [0.05, 0.1) is 0 Å². The number of benzene rings is 1. The number of aromatic amines is 1. The molecule has 1 heterocycles. The molecule has 19 heavy (non-hydrogen) atoms. The van der Waals surface area contributed by atoms with Gasteiger partial charge in [0.2, 0.25) is 0 Å². The third-order valence-corrected chi connectivity index (χ3v) is 3.76. The van der Waals surface area contributed by atoms with Crippen molar-refractivity contribution in [3.8, 4) is 0 Å². The number of nitrogens with one attached hydrogen (secondary N) is 2. The molecular weight excluding hydrogens is 232 g/mol. The van der Waals surface area contributed by atoms with Gasteiger partial charge >= 0.3 is 0 Å². The van der Waals surface area contributed by atoms with Crippen LogP contribution in [-0.2, 0) is 6.54 Å². The van der Waals surface area contributed by atoms with E-state index in [9.17, 15) is 0 Å². The first-order chi connectivity index (χ1) is 9.33. The van der Waals surface area contributed by atoms with Crippen LogP contribution in [0.4, 0.5) is 0 Å². The molecule has 0 aliphatic carbocycles. The highest BCUT2D eigenvalue weighted by atomic mass is 14.9. The fourth-order valence-corrected chi connectivity index (χ4v) is 2.62. The van der Waals surface area contributed by atoms with Gasteiger partial charge in [0.1, 0.15) is 0 Å². The van der Waals surface area contributed by atoms with Crippen molar-refractivity contribution in [2.75, 3.05) is 0 Å². The van der Waals surface area contributed by atoms with Crippen LogP contribution >= 0.6 is 0 Å². The van der Waals surface area contributed by atoms with E-state index in [-0.39, 0.29) is 0 Å². The van der Waals surface area contributed by atoms with Crippen LogP contribution in [-0.4, -0.2) is 11.0 Å². The summed E-state index contributed by atoms with van der Waals surface area (Å²) >= 11 is 0. The van der Waals surface area contributed by atoms with Gasteiger partial charge in [-0.3, -0.25) is 0 Å². The number of rotatable bonds is 8. The number of fused-ring (bicyclic) bond motifs is 1. The number of unbranched alkanes of at least 4 members (excludes halogenated alkanes) is 1. The highest BCUT2D eigenvalue weighted by Crippen LogP contribution is 2.15. The number of hydrogen-bond acceptors (Lipinski definition) is 1. The highest BCUT2D eigenvalue weighted by molar-refractivity contribution is 5.79. The van der Waals surface area contributed by atoms with E-state index in [1.54, 1.807) is 0 Å². The van der Waals surface area contributed by atoms with Gasteiger partial charge in [-0.1, -0.05) is 39.2 Å². The molecule has 2 aromatic rings. The molecule has 0 bridgehead atoms. The van der Waals surface area contributed by atoms with Crippen LogP contribution in [0.5, 0.6) is 0 Å². The molecule has 0 saturated heterocycles. The Kier molecular flexibility index (Phi) is 5.46. The van der Waals surface area contributed by atoms with Crippen molar-refractivity contribution in [1.29, 1.82) is 0 Å². The first-order valence-corrected chi connectivity index (χ1v) is 7.63. The molecule has 2 heteroatoms. The van der Waals surface area contributed by atoms with Crippen molar-refractivity contribution < 1.29 is 0 Å². The summed E-state index contributed by atoms with van der Waals surface area (Å²) in [6.45, 7) is 5.52. The number of aromatic nitrogens is 1. The van der Waals surface area contributed by atoms with Crippen LogP contribution in [0.25, 0.3) is 10.9 Å². The van der Waals surface area contributed by atoms with Crippen LogP contribution < -0.4 is 5.32 Å². The second-order valence-corrected chi connectivity index (χ2v) is 5.41. The predicted molar refractivity (Wildman–Crippen MR) is 83.4 cm³/mol. The van der Waals surface area contributed by atoms with Crippen molar-refractivity contribution in [2.24, 2.45) is 0 Å². The van der Waals surface area contributed by atoms with E-state index < -0.39 is 0 Å². The molecule has 0 radical (unpaired) electrons. The summed E-state index contributed by atoms with van der Waals surface area (Å²) in [7, 11) is 0. The lowest BCUT2D eigenvalue weighted by Gasteiger charge is -2.18. The lowest BCUT2D eigenvalue weighted by Crippen LogP contribution is -2.28. The van der Waals surface area contributed by atoms with E-state index in [1.807, 2.05) is 6.20 Å². The van der Waals surface area contributed by atoms with Crippen molar-refractivity contribution in [2.45, 2.75) is 58.5 Å². The smallest absolute Gasteiger partial charge is 0.0454 e. The molecule has 2 N–H and O–H groups in total. The Morgan fingerprint density at radius 3 is 2.79 bits per heavy atom. The summed E-state index contributed by atoms with van der Waals surface area (Å²) < 4.78 is 0. The lowest BCUT2D eigenvalue weighted by atomic mass is 10.0. The largest absolute Gasteiger partial charge is 0.361 e. The predicted octanol–water partition coefficient (Wildman–Crippen LogP) is 4.62. The van der Waals surface area contributed by atoms with Gasteiger partial charge in [0, 0.05) is 24.3 Å². The second-order valence-electron chi connectivity index (χ2n) is 5.41. The van der Waals surface area contributed by atoms with Crippen molar-refractivity contribution in [3.63, 3.8) is 0 Å². The minimum Gasteiger partial charge on any atom is -0.361 e. The van der Waals surface area contributed by atoms with Crippen molar-refractivity contribution in [1.82, 2.24) is 10.3 Å². The molecule has 0 amide bonds. The van der Waals surface area contributed by atoms with E-state index in [4.69, 9.17) is 0 Å². The third-order valence-electron chi connectivity index (χ3n) is 3.76. The summed E-state index contributed by atoms with van der Waals surface area (Å²) in [6, 6.07) is 9.48. The molecular formula is C17H26N2. The highest BCUT2D eigenvalue weighted by Gasteiger charge is 2.06. The van der Waals surface area contributed by atoms with Crippen molar-refractivity contribution in [3.05, 3.63) is 36.0 Å². The molecule has 1 aromatic carbocycles. The van der Waals surface area contributed by atoms with Gasteiger partial charge in [-0.2, -0.15) is 0 Å². The molecule has 2 nitrogen and oxygen atoms in total. The Hall–Kier alpha value is -1.28. The minimum atomic E-state index is 0.673. The zero-order chi connectivity index (χ0) is 13.5. The van der Waals surface area contributed by atoms with Crippen LogP contribution in [0.3, 0.4) is 0 Å². The average Bonchev–Trinajstić information content (AvgIpc) is 2.89. The fraction of sp³-hybridized carbons (Fsp3) is 0.529.